The first kappa shape index (κ1) is 17.6. The number of nitrogens with one attached hydrogen (secondary N) is 1. The molecule has 8 heteroatoms. The Morgan fingerprint density at radius 1 is 1.58 bits per heavy atom. The summed E-state index contributed by atoms with van der Waals surface area (Å²) in [6, 6.07) is 3.65. The number of rotatable bonds is 5. The number of non-ortho nitro benzene ring substituents is 1. The maximum absolute atomic E-state index is 11.2. The molecule has 0 aliphatic rings. The summed E-state index contributed by atoms with van der Waals surface area (Å²) in [7, 11) is 1.29. The van der Waals surface area contributed by atoms with Crippen molar-refractivity contribution in [1.82, 2.24) is 5.32 Å². The van der Waals surface area contributed by atoms with Crippen LogP contribution in [0.25, 0.3) is 0 Å². The number of hydrogen-bond acceptors (Lipinski definition) is 5. The molecule has 0 saturated heterocycles. The number of esters is 1. The normalized spacial score (nSPS) is 11.3. The predicted molar refractivity (Wildman–Crippen MR) is 73.7 cm³/mol. The summed E-state index contributed by atoms with van der Waals surface area (Å²) in [6.07, 6.45) is 0. The molecule has 6 nitrogen and oxygen atoms in total. The second kappa shape index (κ2) is 7.93. The lowest BCUT2D eigenvalue weighted by molar-refractivity contribution is -0.384. The average Bonchev–Trinajstić information content (AvgIpc) is 2.36. The van der Waals surface area contributed by atoms with Gasteiger partial charge in [-0.05, 0) is 18.6 Å². The van der Waals surface area contributed by atoms with Gasteiger partial charge in [-0.3, -0.25) is 14.9 Å². The van der Waals surface area contributed by atoms with E-state index in [9.17, 15) is 14.9 Å². The van der Waals surface area contributed by atoms with Gasteiger partial charge in [-0.1, -0.05) is 11.6 Å². The molecule has 0 aliphatic carbocycles. The molecule has 0 aliphatic heterocycles. The highest BCUT2D eigenvalue weighted by atomic mass is 35.5. The third kappa shape index (κ3) is 5.02. The van der Waals surface area contributed by atoms with Gasteiger partial charge in [0.05, 0.1) is 12.0 Å². The monoisotopic (exact) mass is 308 g/mol. The number of methoxy groups -OCH3 is 1. The van der Waals surface area contributed by atoms with Crippen molar-refractivity contribution >= 4 is 35.7 Å². The molecule has 0 fully saturated rings. The number of carbonyl (C=O) groups excluding carboxylic acids is 1. The smallest absolute Gasteiger partial charge is 0.322 e. The van der Waals surface area contributed by atoms with Crippen LogP contribution in [0.15, 0.2) is 18.2 Å². The van der Waals surface area contributed by atoms with Crippen LogP contribution in [-0.4, -0.2) is 24.0 Å². The van der Waals surface area contributed by atoms with Gasteiger partial charge in [-0.2, -0.15) is 0 Å². The lowest BCUT2D eigenvalue weighted by atomic mass is 10.2. The molecule has 1 N–H and O–H groups in total. The van der Waals surface area contributed by atoms with Crippen LogP contribution in [0.4, 0.5) is 5.69 Å². The SMILES string of the molecule is COC(=O)[C@H](C)NCc1cc([N+](=O)[O-])ccc1Cl.Cl. The van der Waals surface area contributed by atoms with Crippen LogP contribution in [0.1, 0.15) is 12.5 Å². The van der Waals surface area contributed by atoms with Crippen molar-refractivity contribution in [3.63, 3.8) is 0 Å². The van der Waals surface area contributed by atoms with Gasteiger partial charge in [0.15, 0.2) is 0 Å². The third-order valence-electron chi connectivity index (χ3n) is 2.39. The minimum Gasteiger partial charge on any atom is -0.468 e. The second-order valence-corrected chi connectivity index (χ2v) is 4.07. The molecule has 0 saturated carbocycles. The highest BCUT2D eigenvalue weighted by molar-refractivity contribution is 6.31. The van der Waals surface area contributed by atoms with Crippen molar-refractivity contribution in [2.45, 2.75) is 19.5 Å². The van der Waals surface area contributed by atoms with Gasteiger partial charge in [0.25, 0.3) is 5.69 Å². The fourth-order valence-electron chi connectivity index (χ4n) is 1.33. The minimum absolute atomic E-state index is 0. The van der Waals surface area contributed by atoms with Gasteiger partial charge in [0.1, 0.15) is 6.04 Å². The predicted octanol–water partition coefficient (Wildman–Crippen LogP) is 2.32. The average molecular weight is 309 g/mol. The van der Waals surface area contributed by atoms with Crippen LogP contribution in [-0.2, 0) is 16.1 Å². The minimum atomic E-state index is -0.509. The standard InChI is InChI=1S/C11H13ClN2O4.ClH/c1-7(11(15)18-2)13-6-8-5-9(14(16)17)3-4-10(8)12;/h3-5,7,13H,6H2,1-2H3;1H/t7-;/m0./s1. The summed E-state index contributed by atoms with van der Waals surface area (Å²) in [5.41, 5.74) is 0.517. The van der Waals surface area contributed by atoms with Crippen LogP contribution in [0.5, 0.6) is 0 Å². The Morgan fingerprint density at radius 3 is 2.74 bits per heavy atom. The number of halogens is 2. The first-order valence-corrected chi connectivity index (χ1v) is 5.57. The van der Waals surface area contributed by atoms with Crippen LogP contribution in [0.3, 0.4) is 0 Å². The van der Waals surface area contributed by atoms with Crippen LogP contribution >= 0.6 is 24.0 Å². The molecule has 0 heterocycles. The zero-order valence-corrected chi connectivity index (χ0v) is 12.0. The molecule has 19 heavy (non-hydrogen) atoms. The van der Waals surface area contributed by atoms with Crippen LogP contribution in [0, 0.1) is 10.1 Å². The van der Waals surface area contributed by atoms with Crippen LogP contribution < -0.4 is 5.32 Å². The Labute approximate surface area is 121 Å². The van der Waals surface area contributed by atoms with Gasteiger partial charge in [0, 0.05) is 23.7 Å². The van der Waals surface area contributed by atoms with E-state index in [0.29, 0.717) is 10.6 Å². The number of benzene rings is 1. The summed E-state index contributed by atoms with van der Waals surface area (Å²) in [5, 5.41) is 13.9. The molecule has 0 spiro atoms. The van der Waals surface area contributed by atoms with Crippen molar-refractivity contribution in [3.8, 4) is 0 Å². The molecule has 1 atom stereocenters. The summed E-state index contributed by atoms with van der Waals surface area (Å²) in [6.45, 7) is 1.88. The van der Waals surface area contributed by atoms with Gasteiger partial charge in [0.2, 0.25) is 0 Å². The molecular formula is C11H14Cl2N2O4. The maximum atomic E-state index is 11.2. The van der Waals surface area contributed by atoms with E-state index in [0.717, 1.165) is 0 Å². The molecule has 0 amide bonds. The number of nitrogens with zero attached hydrogens (tertiary/aromatic N) is 1. The van der Waals surface area contributed by atoms with E-state index in [4.69, 9.17) is 11.6 Å². The van der Waals surface area contributed by atoms with E-state index >= 15 is 0 Å². The van der Waals surface area contributed by atoms with E-state index in [1.807, 2.05) is 0 Å². The lowest BCUT2D eigenvalue weighted by Gasteiger charge is -2.12. The number of carbonyl (C=O) groups is 1. The van der Waals surface area contributed by atoms with E-state index in [1.54, 1.807) is 6.92 Å². The Bertz CT molecular complexity index is 468. The van der Waals surface area contributed by atoms with E-state index < -0.39 is 16.9 Å². The first-order chi connectivity index (χ1) is 8.45. The first-order valence-electron chi connectivity index (χ1n) is 5.19. The van der Waals surface area contributed by atoms with Gasteiger partial charge >= 0.3 is 5.97 Å². The van der Waals surface area contributed by atoms with Crippen molar-refractivity contribution in [3.05, 3.63) is 38.9 Å². The largest absolute Gasteiger partial charge is 0.468 e. The van der Waals surface area contributed by atoms with Crippen molar-refractivity contribution in [1.29, 1.82) is 0 Å². The number of nitro benzene ring substituents is 1. The molecule has 1 aromatic carbocycles. The van der Waals surface area contributed by atoms with Gasteiger partial charge in [-0.15, -0.1) is 12.4 Å². The fourth-order valence-corrected chi connectivity index (χ4v) is 1.52. The zero-order chi connectivity index (χ0) is 13.7. The van der Waals surface area contributed by atoms with Gasteiger partial charge < -0.3 is 10.1 Å². The fraction of sp³-hybridized carbons (Fsp3) is 0.364. The molecule has 0 radical (unpaired) electrons. The van der Waals surface area contributed by atoms with Crippen molar-refractivity contribution in [2.75, 3.05) is 7.11 Å². The third-order valence-corrected chi connectivity index (χ3v) is 2.76. The molecule has 1 aromatic rings. The quantitative estimate of drug-likeness (QED) is 0.513. The maximum Gasteiger partial charge on any atom is 0.322 e. The van der Waals surface area contributed by atoms with Crippen molar-refractivity contribution in [2.24, 2.45) is 0 Å². The summed E-state index contributed by atoms with van der Waals surface area (Å²) >= 11 is 5.92. The lowest BCUT2D eigenvalue weighted by Crippen LogP contribution is -2.34. The Kier molecular flexibility index (Phi) is 7.36. The highest BCUT2D eigenvalue weighted by Gasteiger charge is 2.14. The number of hydrogen-bond donors (Lipinski definition) is 1. The molecule has 0 aromatic heterocycles. The summed E-state index contributed by atoms with van der Waals surface area (Å²) in [4.78, 5) is 21.3. The molecular weight excluding hydrogens is 295 g/mol. The van der Waals surface area contributed by atoms with E-state index in [2.05, 4.69) is 10.1 Å². The Balaban J connectivity index is 0.00000324. The Hall–Kier alpha value is -1.37. The molecule has 106 valence electrons. The molecule has 1 rings (SSSR count). The van der Waals surface area contributed by atoms with Crippen molar-refractivity contribution < 1.29 is 14.5 Å². The second-order valence-electron chi connectivity index (χ2n) is 3.66. The topological polar surface area (TPSA) is 81.5 Å². The number of nitro groups is 1. The zero-order valence-electron chi connectivity index (χ0n) is 10.4. The highest BCUT2D eigenvalue weighted by Crippen LogP contribution is 2.21. The molecule has 0 unspecified atom stereocenters. The summed E-state index contributed by atoms with van der Waals surface area (Å²) < 4.78 is 4.55. The van der Waals surface area contributed by atoms with E-state index in [-0.39, 0.29) is 24.6 Å². The van der Waals surface area contributed by atoms with Gasteiger partial charge in [-0.25, -0.2) is 0 Å². The van der Waals surface area contributed by atoms with E-state index in [1.165, 1.54) is 25.3 Å². The van der Waals surface area contributed by atoms with Crippen LogP contribution in [0.2, 0.25) is 5.02 Å². The number of ether oxygens (including phenoxy) is 1. The Morgan fingerprint density at radius 2 is 2.21 bits per heavy atom. The molecule has 0 bridgehead atoms. The summed E-state index contributed by atoms with van der Waals surface area (Å²) in [5.74, 6) is -0.406.